The van der Waals surface area contributed by atoms with E-state index >= 15 is 0 Å². The summed E-state index contributed by atoms with van der Waals surface area (Å²) < 4.78 is 0. The number of aromatic nitrogens is 1. The van der Waals surface area contributed by atoms with Gasteiger partial charge in [0.05, 0.1) is 16.7 Å². The van der Waals surface area contributed by atoms with Gasteiger partial charge in [-0.2, -0.15) is 0 Å². The molecule has 0 fully saturated rings. The lowest BCUT2D eigenvalue weighted by Crippen LogP contribution is -2.39. The highest BCUT2D eigenvalue weighted by molar-refractivity contribution is 7.09. The molecule has 0 saturated carbocycles. The van der Waals surface area contributed by atoms with Crippen LogP contribution in [0.3, 0.4) is 0 Å². The molecule has 2 atom stereocenters. The minimum absolute atomic E-state index is 0.430. The molecule has 0 aliphatic carbocycles. The van der Waals surface area contributed by atoms with Crippen LogP contribution >= 0.6 is 11.3 Å². The molecule has 1 rings (SSSR count). The van der Waals surface area contributed by atoms with Crippen LogP contribution in [0.15, 0.2) is 5.38 Å². The predicted octanol–water partition coefficient (Wildman–Crippen LogP) is 1.52. The molecule has 0 radical (unpaired) electrons. The fourth-order valence-electron chi connectivity index (χ4n) is 1.12. The van der Waals surface area contributed by atoms with Crippen LogP contribution in [0.4, 0.5) is 0 Å². The van der Waals surface area contributed by atoms with Crippen LogP contribution in [0.25, 0.3) is 0 Å². The van der Waals surface area contributed by atoms with E-state index in [1.165, 1.54) is 11.3 Å². The first-order chi connectivity index (χ1) is 6.45. The molecule has 0 saturated heterocycles. The average molecular weight is 215 g/mol. The van der Waals surface area contributed by atoms with E-state index in [0.717, 1.165) is 10.7 Å². The van der Waals surface area contributed by atoms with Crippen molar-refractivity contribution >= 4 is 11.3 Å². The van der Waals surface area contributed by atoms with Gasteiger partial charge in [-0.15, -0.1) is 11.3 Å². The molecule has 1 aromatic rings. The Kier molecular flexibility index (Phi) is 3.64. The van der Waals surface area contributed by atoms with Gasteiger partial charge in [-0.3, -0.25) is 0 Å². The maximum Gasteiger partial charge on any atom is 0.0955 e. The Balaban J connectivity index is 2.61. The zero-order chi connectivity index (χ0) is 10.8. The van der Waals surface area contributed by atoms with Crippen molar-refractivity contribution in [3.63, 3.8) is 0 Å². The van der Waals surface area contributed by atoms with Gasteiger partial charge in [-0.1, -0.05) is 6.92 Å². The first-order valence-electron chi connectivity index (χ1n) is 4.77. The molecule has 0 amide bonds. The summed E-state index contributed by atoms with van der Waals surface area (Å²) in [5, 5.41) is 22.4. The number of aliphatic hydroxyl groups is 2. The molecule has 1 aromatic heterocycles. The number of thiazole rings is 1. The quantitative estimate of drug-likeness (QED) is 0.800. The third-order valence-electron chi connectivity index (χ3n) is 2.47. The SMILES string of the molecule is CCC(C)(O)C(O)Cc1nc(C)cs1. The van der Waals surface area contributed by atoms with Gasteiger partial charge >= 0.3 is 0 Å². The molecule has 0 spiro atoms. The second-order valence-electron chi connectivity index (χ2n) is 3.81. The zero-order valence-corrected chi connectivity index (χ0v) is 9.64. The fraction of sp³-hybridized carbons (Fsp3) is 0.700. The van der Waals surface area contributed by atoms with Crippen LogP contribution in [0.1, 0.15) is 31.0 Å². The van der Waals surface area contributed by atoms with Gasteiger partial charge in [-0.25, -0.2) is 4.98 Å². The summed E-state index contributed by atoms with van der Waals surface area (Å²) in [4.78, 5) is 4.25. The maximum atomic E-state index is 9.79. The van der Waals surface area contributed by atoms with E-state index in [0.29, 0.717) is 12.8 Å². The van der Waals surface area contributed by atoms with E-state index in [1.807, 2.05) is 19.2 Å². The Morgan fingerprint density at radius 2 is 2.29 bits per heavy atom. The highest BCUT2D eigenvalue weighted by Gasteiger charge is 2.28. The molecular formula is C10H17NO2S. The molecular weight excluding hydrogens is 198 g/mol. The molecule has 80 valence electrons. The third kappa shape index (κ3) is 2.77. The number of hydrogen-bond acceptors (Lipinski definition) is 4. The normalized spacial score (nSPS) is 17.8. The van der Waals surface area contributed by atoms with Gasteiger partial charge < -0.3 is 10.2 Å². The molecule has 2 unspecified atom stereocenters. The maximum absolute atomic E-state index is 9.79. The minimum Gasteiger partial charge on any atom is -0.390 e. The van der Waals surface area contributed by atoms with Crippen molar-refractivity contribution in [1.82, 2.24) is 4.98 Å². The van der Waals surface area contributed by atoms with Crippen LogP contribution in [-0.4, -0.2) is 26.9 Å². The van der Waals surface area contributed by atoms with Crippen molar-refractivity contribution in [3.05, 3.63) is 16.1 Å². The largest absolute Gasteiger partial charge is 0.390 e. The summed E-state index contributed by atoms with van der Waals surface area (Å²) >= 11 is 1.52. The number of aryl methyl sites for hydroxylation is 1. The molecule has 0 aromatic carbocycles. The van der Waals surface area contributed by atoms with Crippen LogP contribution in [-0.2, 0) is 6.42 Å². The van der Waals surface area contributed by atoms with Crippen LogP contribution < -0.4 is 0 Å². The van der Waals surface area contributed by atoms with Crippen LogP contribution in [0.2, 0.25) is 0 Å². The van der Waals surface area contributed by atoms with Gasteiger partial charge in [0, 0.05) is 17.5 Å². The van der Waals surface area contributed by atoms with Crippen molar-refractivity contribution in [3.8, 4) is 0 Å². The molecule has 4 heteroatoms. The second kappa shape index (κ2) is 4.38. The second-order valence-corrected chi connectivity index (χ2v) is 4.76. The fourth-order valence-corrected chi connectivity index (χ4v) is 1.93. The summed E-state index contributed by atoms with van der Waals surface area (Å²) in [6.45, 7) is 5.43. The summed E-state index contributed by atoms with van der Waals surface area (Å²) in [5.74, 6) is 0. The number of aliphatic hydroxyl groups excluding tert-OH is 1. The summed E-state index contributed by atoms with van der Waals surface area (Å²) in [6, 6.07) is 0. The van der Waals surface area contributed by atoms with E-state index in [-0.39, 0.29) is 0 Å². The highest BCUT2D eigenvalue weighted by Crippen LogP contribution is 2.20. The Morgan fingerprint density at radius 3 is 2.71 bits per heavy atom. The van der Waals surface area contributed by atoms with Crippen molar-refractivity contribution in [1.29, 1.82) is 0 Å². The van der Waals surface area contributed by atoms with Gasteiger partial charge in [0.25, 0.3) is 0 Å². The molecule has 2 N–H and O–H groups in total. The Labute approximate surface area is 88.4 Å². The van der Waals surface area contributed by atoms with E-state index in [4.69, 9.17) is 0 Å². The van der Waals surface area contributed by atoms with E-state index in [9.17, 15) is 10.2 Å². The van der Waals surface area contributed by atoms with Gasteiger partial charge in [0.2, 0.25) is 0 Å². The molecule has 0 bridgehead atoms. The first kappa shape index (κ1) is 11.6. The summed E-state index contributed by atoms with van der Waals surface area (Å²) in [7, 11) is 0. The lowest BCUT2D eigenvalue weighted by molar-refractivity contribution is -0.0629. The zero-order valence-electron chi connectivity index (χ0n) is 8.82. The van der Waals surface area contributed by atoms with Crippen LogP contribution in [0.5, 0.6) is 0 Å². The monoisotopic (exact) mass is 215 g/mol. The van der Waals surface area contributed by atoms with E-state index in [1.54, 1.807) is 6.92 Å². The Morgan fingerprint density at radius 1 is 1.64 bits per heavy atom. The third-order valence-corrected chi connectivity index (χ3v) is 3.46. The van der Waals surface area contributed by atoms with Crippen molar-refractivity contribution < 1.29 is 10.2 Å². The van der Waals surface area contributed by atoms with Gasteiger partial charge in [-0.05, 0) is 20.3 Å². The van der Waals surface area contributed by atoms with E-state index < -0.39 is 11.7 Å². The van der Waals surface area contributed by atoms with Gasteiger partial charge in [0.1, 0.15) is 0 Å². The minimum atomic E-state index is -1.01. The Bertz CT molecular complexity index is 296. The average Bonchev–Trinajstić information content (AvgIpc) is 2.51. The van der Waals surface area contributed by atoms with E-state index in [2.05, 4.69) is 4.98 Å². The standard InChI is InChI=1S/C10H17NO2S/c1-4-10(3,13)8(12)5-9-11-7(2)6-14-9/h6,8,12-13H,4-5H2,1-3H3. The molecule has 14 heavy (non-hydrogen) atoms. The first-order valence-corrected chi connectivity index (χ1v) is 5.65. The van der Waals surface area contributed by atoms with Gasteiger partial charge in [0.15, 0.2) is 0 Å². The topological polar surface area (TPSA) is 53.4 Å². The lowest BCUT2D eigenvalue weighted by atomic mass is 9.94. The molecule has 3 nitrogen and oxygen atoms in total. The number of nitrogens with zero attached hydrogens (tertiary/aromatic N) is 1. The lowest BCUT2D eigenvalue weighted by Gasteiger charge is -2.26. The summed E-state index contributed by atoms with van der Waals surface area (Å²) in [6.07, 6.45) is 0.232. The van der Waals surface area contributed by atoms with Crippen molar-refractivity contribution in [2.45, 2.75) is 45.3 Å². The predicted molar refractivity (Wildman–Crippen MR) is 57.5 cm³/mol. The molecule has 0 aliphatic heterocycles. The summed E-state index contributed by atoms with van der Waals surface area (Å²) in [5.41, 5.74) is -0.0483. The number of rotatable bonds is 4. The molecule has 1 heterocycles. The van der Waals surface area contributed by atoms with Crippen molar-refractivity contribution in [2.24, 2.45) is 0 Å². The highest BCUT2D eigenvalue weighted by atomic mass is 32.1. The van der Waals surface area contributed by atoms with Crippen LogP contribution in [0, 0.1) is 6.92 Å². The number of hydrogen-bond donors (Lipinski definition) is 2. The van der Waals surface area contributed by atoms with Crippen molar-refractivity contribution in [2.75, 3.05) is 0 Å². The smallest absolute Gasteiger partial charge is 0.0955 e. The molecule has 0 aliphatic rings. The Hall–Kier alpha value is -0.450.